The minimum atomic E-state index is -4.98. The molecule has 16 heteroatoms. The van der Waals surface area contributed by atoms with E-state index < -0.39 is 15.6 Å². The van der Waals surface area contributed by atoms with E-state index in [9.17, 15) is 28.7 Å². The van der Waals surface area contributed by atoms with Gasteiger partial charge in [0.2, 0.25) is 0 Å². The summed E-state index contributed by atoms with van der Waals surface area (Å²) in [5, 5.41) is 0.779. The zero-order chi connectivity index (χ0) is 31.2. The smallest absolute Gasteiger partial charge is 0.404 e. The number of ether oxygens (including phenoxy) is 1. The number of anilines is 1. The quantitative estimate of drug-likeness (QED) is 0.0760. The molecule has 4 rings (SSSR count). The number of phosphoric ester groups is 2. The Kier molecular flexibility index (Phi) is 10.8. The van der Waals surface area contributed by atoms with Crippen LogP contribution in [0.1, 0.15) is 49.6 Å². The molecule has 0 radical (unpaired) electrons. The van der Waals surface area contributed by atoms with Crippen LogP contribution in [-0.2, 0) is 33.3 Å². The van der Waals surface area contributed by atoms with Gasteiger partial charge in [-0.2, -0.15) is 0 Å². The van der Waals surface area contributed by atoms with E-state index in [0.717, 1.165) is 49.1 Å². The predicted octanol–water partition coefficient (Wildman–Crippen LogP) is 3.80. The Labute approximate surface area is 248 Å². The van der Waals surface area contributed by atoms with Crippen LogP contribution in [0.5, 0.6) is 11.5 Å². The molecule has 0 aliphatic heterocycles. The van der Waals surface area contributed by atoms with Crippen LogP contribution < -0.4 is 20.5 Å². The topological polar surface area (TPSA) is 225 Å². The largest absolute Gasteiger partial charge is 0.524 e. The van der Waals surface area contributed by atoms with Crippen molar-refractivity contribution in [3.05, 3.63) is 53.3 Å². The van der Waals surface area contributed by atoms with E-state index in [2.05, 4.69) is 4.98 Å². The maximum atomic E-state index is 11.8. The van der Waals surface area contributed by atoms with E-state index in [0.29, 0.717) is 48.6 Å². The van der Waals surface area contributed by atoms with Gasteiger partial charge in [0.05, 0.1) is 17.6 Å². The molecule has 0 spiro atoms. The van der Waals surface area contributed by atoms with Crippen LogP contribution in [0.2, 0.25) is 0 Å². The van der Waals surface area contributed by atoms with Gasteiger partial charge in [-0.25, -0.2) is 19.1 Å². The first-order chi connectivity index (χ1) is 20.4. The summed E-state index contributed by atoms with van der Waals surface area (Å²) < 4.78 is 40.5. The van der Waals surface area contributed by atoms with Gasteiger partial charge >= 0.3 is 15.6 Å². The number of fused-ring (bicyclic) bond motifs is 3. The summed E-state index contributed by atoms with van der Waals surface area (Å²) >= 11 is 0. The van der Waals surface area contributed by atoms with E-state index >= 15 is 0 Å². The molecule has 4 aromatic rings. The van der Waals surface area contributed by atoms with Crippen LogP contribution >= 0.6 is 15.6 Å². The molecule has 0 aliphatic rings. The number of aromatic nitrogens is 3. The summed E-state index contributed by atoms with van der Waals surface area (Å²) in [6.07, 6.45) is 4.62. The third-order valence-electron chi connectivity index (χ3n) is 6.65. The summed E-state index contributed by atoms with van der Waals surface area (Å²) in [6, 6.07) is 9.49. The van der Waals surface area contributed by atoms with Gasteiger partial charge in [0.25, 0.3) is 0 Å². The Morgan fingerprint density at radius 1 is 0.907 bits per heavy atom. The molecular weight excluding hydrogens is 600 g/mol. The fraction of sp³-hybridized carbons (Fsp3) is 0.407. The minimum absolute atomic E-state index is 0.0268. The van der Waals surface area contributed by atoms with Crippen molar-refractivity contribution in [3.63, 3.8) is 0 Å². The third-order valence-corrected chi connectivity index (χ3v) is 7.53. The summed E-state index contributed by atoms with van der Waals surface area (Å²) in [6.45, 7) is 3.81. The van der Waals surface area contributed by atoms with E-state index in [1.807, 2.05) is 29.7 Å². The van der Waals surface area contributed by atoms with E-state index in [1.165, 1.54) is 12.1 Å². The first kappa shape index (κ1) is 32.8. The highest BCUT2D eigenvalue weighted by molar-refractivity contribution is 7.47. The van der Waals surface area contributed by atoms with Crippen molar-refractivity contribution in [2.45, 2.75) is 52.0 Å². The lowest BCUT2D eigenvalue weighted by Crippen LogP contribution is -2.08. The number of hydrogen-bond donors (Lipinski definition) is 6. The average molecular weight is 638 g/mol. The van der Waals surface area contributed by atoms with Crippen LogP contribution in [0.3, 0.4) is 0 Å². The molecule has 2 heterocycles. The molecule has 2 aromatic carbocycles. The summed E-state index contributed by atoms with van der Waals surface area (Å²) in [7, 11) is -9.89. The van der Waals surface area contributed by atoms with Crippen molar-refractivity contribution in [1.29, 1.82) is 0 Å². The van der Waals surface area contributed by atoms with Crippen molar-refractivity contribution >= 4 is 43.4 Å². The molecule has 14 nitrogen and oxygen atoms in total. The maximum Gasteiger partial charge on any atom is 0.524 e. The van der Waals surface area contributed by atoms with Crippen LogP contribution in [0.15, 0.2) is 36.4 Å². The fourth-order valence-electron chi connectivity index (χ4n) is 4.78. The van der Waals surface area contributed by atoms with Crippen molar-refractivity contribution in [3.8, 4) is 11.5 Å². The van der Waals surface area contributed by atoms with Crippen molar-refractivity contribution in [2.75, 3.05) is 25.5 Å². The Balaban J connectivity index is 1.83. The molecule has 2 aromatic heterocycles. The Morgan fingerprint density at radius 2 is 1.65 bits per heavy atom. The second-order valence-corrected chi connectivity index (χ2v) is 12.4. The van der Waals surface area contributed by atoms with E-state index in [1.54, 1.807) is 0 Å². The van der Waals surface area contributed by atoms with Crippen molar-refractivity contribution in [2.24, 2.45) is 5.73 Å². The Morgan fingerprint density at radius 3 is 2.35 bits per heavy atom. The second kappa shape index (κ2) is 14.1. The monoisotopic (exact) mass is 637 g/mol. The highest BCUT2D eigenvalue weighted by atomic mass is 31.2. The van der Waals surface area contributed by atoms with Crippen molar-refractivity contribution < 1.29 is 42.5 Å². The molecular formula is C27H37N5O9P2. The number of benzene rings is 2. The molecule has 0 unspecified atom stereocenters. The second-order valence-electron chi connectivity index (χ2n) is 10.1. The lowest BCUT2D eigenvalue weighted by molar-refractivity contribution is 0.131. The SMILES string of the molecule is CCCCc1nc2c(N)nc3ccc(CCCOCCCN)cc3c2n1Cc1cc(OP(=O)(O)O)ccc1OP(=O)(O)O. The first-order valence-corrected chi connectivity index (χ1v) is 16.9. The molecule has 43 heavy (non-hydrogen) atoms. The van der Waals surface area contributed by atoms with Crippen LogP contribution in [0.4, 0.5) is 5.82 Å². The summed E-state index contributed by atoms with van der Waals surface area (Å²) in [5.41, 5.74) is 14.9. The average Bonchev–Trinajstić information content (AvgIpc) is 3.28. The van der Waals surface area contributed by atoms with Crippen LogP contribution in [0, 0.1) is 0 Å². The summed E-state index contributed by atoms with van der Waals surface area (Å²) in [5.74, 6) is 0.490. The van der Waals surface area contributed by atoms with E-state index in [4.69, 9.17) is 30.2 Å². The molecule has 0 amide bonds. The Bertz CT molecular complexity index is 1670. The van der Waals surface area contributed by atoms with Gasteiger partial charge in [0, 0.05) is 30.6 Å². The lowest BCUT2D eigenvalue weighted by atomic mass is 10.1. The zero-order valence-electron chi connectivity index (χ0n) is 23.8. The number of aryl methyl sites for hydroxylation is 2. The van der Waals surface area contributed by atoms with Crippen LogP contribution in [0.25, 0.3) is 21.9 Å². The van der Waals surface area contributed by atoms with Gasteiger partial charge < -0.3 is 29.8 Å². The number of nitrogen functional groups attached to an aromatic ring is 1. The molecule has 0 aliphatic carbocycles. The highest BCUT2D eigenvalue weighted by Crippen LogP contribution is 2.43. The zero-order valence-corrected chi connectivity index (χ0v) is 25.5. The predicted molar refractivity (Wildman–Crippen MR) is 162 cm³/mol. The first-order valence-electron chi connectivity index (χ1n) is 13.9. The standard InChI is InChI=1S/C27H37N5O9P2/c1-2-3-7-24-31-25-26(21-15-18(6-4-13-39-14-5-12-28)8-10-22(21)30-27(25)29)32(24)17-19-16-20(40-42(33,34)35)9-11-23(19)41-43(36,37)38/h8-11,15-16H,2-7,12-14,17,28H2,1H3,(H2,29,30)(H2,33,34,35)(H2,36,37,38). The number of phosphoric acid groups is 2. The van der Waals surface area contributed by atoms with Crippen molar-refractivity contribution in [1.82, 2.24) is 14.5 Å². The molecule has 0 saturated carbocycles. The lowest BCUT2D eigenvalue weighted by Gasteiger charge is -2.17. The van der Waals surface area contributed by atoms with E-state index in [-0.39, 0.29) is 29.4 Å². The number of imidazole rings is 1. The molecule has 0 bridgehead atoms. The number of hydrogen-bond acceptors (Lipinski definition) is 9. The van der Waals surface area contributed by atoms with Gasteiger partial charge in [0.1, 0.15) is 22.8 Å². The van der Waals surface area contributed by atoms with Gasteiger partial charge in [-0.1, -0.05) is 19.4 Å². The number of pyridine rings is 1. The normalized spacial score (nSPS) is 12.3. The molecule has 0 atom stereocenters. The highest BCUT2D eigenvalue weighted by Gasteiger charge is 2.24. The molecule has 0 fully saturated rings. The van der Waals surface area contributed by atoms with Crippen LogP contribution in [-0.4, -0.2) is 53.9 Å². The molecule has 234 valence electrons. The number of nitrogens with zero attached hydrogens (tertiary/aromatic N) is 3. The Hall–Kier alpha value is -3.06. The minimum Gasteiger partial charge on any atom is -0.404 e. The van der Waals surface area contributed by atoms with Gasteiger partial charge in [-0.3, -0.25) is 19.6 Å². The molecule has 0 saturated heterocycles. The number of rotatable bonds is 16. The molecule has 8 N–H and O–H groups in total. The van der Waals surface area contributed by atoms with Gasteiger partial charge in [0.15, 0.2) is 5.82 Å². The number of unbranched alkanes of at least 4 members (excludes halogenated alkanes) is 1. The maximum absolute atomic E-state index is 11.8. The fourth-order valence-corrected chi connectivity index (χ4v) is 5.60. The van der Waals surface area contributed by atoms with Gasteiger partial charge in [-0.15, -0.1) is 0 Å². The van der Waals surface area contributed by atoms with Gasteiger partial charge in [-0.05, 0) is 68.1 Å². The summed E-state index contributed by atoms with van der Waals surface area (Å²) in [4.78, 5) is 47.1. The number of nitrogens with two attached hydrogens (primary N) is 2. The third kappa shape index (κ3) is 8.98.